The van der Waals surface area contributed by atoms with E-state index in [0.717, 1.165) is 29.0 Å². The van der Waals surface area contributed by atoms with Gasteiger partial charge in [-0.3, -0.25) is 0 Å². The second-order valence-electron chi connectivity index (χ2n) is 6.04. The molecular weight excluding hydrogens is 312 g/mol. The topological polar surface area (TPSA) is 66.0 Å². The molecule has 0 heterocycles. The molecule has 0 N–H and O–H groups in total. The van der Waals surface area contributed by atoms with Crippen LogP contribution in [0.2, 0.25) is 0 Å². The zero-order valence-corrected chi connectivity index (χ0v) is 14.2. The lowest BCUT2D eigenvalue weighted by atomic mass is 9.93. The van der Waals surface area contributed by atoms with Gasteiger partial charge in [0, 0.05) is 5.92 Å². The molecule has 2 aromatic rings. The third kappa shape index (κ3) is 3.07. The number of allylic oxidation sites excluding steroid dienone is 2. The number of nitriles is 2. The van der Waals surface area contributed by atoms with Crippen LogP contribution in [0.15, 0.2) is 54.6 Å². The van der Waals surface area contributed by atoms with Gasteiger partial charge in [-0.05, 0) is 53.9 Å². The van der Waals surface area contributed by atoms with Crippen LogP contribution < -0.4 is 9.47 Å². The van der Waals surface area contributed by atoms with E-state index in [0.29, 0.717) is 5.57 Å². The Morgan fingerprint density at radius 3 is 2.04 bits per heavy atom. The predicted octanol–water partition coefficient (Wildman–Crippen LogP) is 4.09. The maximum atomic E-state index is 9.72. The zero-order valence-electron chi connectivity index (χ0n) is 14.2. The smallest absolute Gasteiger partial charge is 0.118 e. The summed E-state index contributed by atoms with van der Waals surface area (Å²) in [4.78, 5) is 0. The van der Waals surface area contributed by atoms with Gasteiger partial charge < -0.3 is 9.47 Å². The summed E-state index contributed by atoms with van der Waals surface area (Å²) < 4.78 is 10.3. The number of hydrogen-bond acceptors (Lipinski definition) is 4. The van der Waals surface area contributed by atoms with E-state index in [2.05, 4.69) is 12.1 Å². The molecule has 1 saturated carbocycles. The molecule has 0 amide bonds. The van der Waals surface area contributed by atoms with Gasteiger partial charge in [-0.25, -0.2) is 0 Å². The summed E-state index contributed by atoms with van der Waals surface area (Å²) in [5.74, 6) is 1.54. The van der Waals surface area contributed by atoms with Crippen LogP contribution in [-0.2, 0) is 5.41 Å². The van der Waals surface area contributed by atoms with E-state index in [1.165, 1.54) is 0 Å². The van der Waals surface area contributed by atoms with Crippen LogP contribution in [0.5, 0.6) is 11.5 Å². The molecule has 25 heavy (non-hydrogen) atoms. The number of hydrogen-bond donors (Lipinski definition) is 0. The van der Waals surface area contributed by atoms with E-state index in [1.807, 2.05) is 54.6 Å². The van der Waals surface area contributed by atoms with Crippen LogP contribution in [-0.4, -0.2) is 14.2 Å². The first-order valence-corrected chi connectivity index (χ1v) is 7.99. The van der Waals surface area contributed by atoms with Crippen molar-refractivity contribution in [2.45, 2.75) is 11.8 Å². The zero-order chi connectivity index (χ0) is 17.9. The van der Waals surface area contributed by atoms with Crippen molar-refractivity contribution in [1.82, 2.24) is 0 Å². The first kappa shape index (κ1) is 16.6. The lowest BCUT2D eigenvalue weighted by molar-refractivity contribution is 0.414. The van der Waals surface area contributed by atoms with Crippen LogP contribution >= 0.6 is 0 Å². The monoisotopic (exact) mass is 330 g/mol. The molecule has 0 aliphatic heterocycles. The highest BCUT2D eigenvalue weighted by Crippen LogP contribution is 2.55. The molecular formula is C21H18N2O2. The molecule has 0 aromatic heterocycles. The Labute approximate surface area is 147 Å². The van der Waals surface area contributed by atoms with Crippen LogP contribution in [0.25, 0.3) is 5.57 Å². The first-order chi connectivity index (χ1) is 12.2. The molecule has 2 aromatic carbocycles. The first-order valence-electron chi connectivity index (χ1n) is 7.99. The lowest BCUT2D eigenvalue weighted by Crippen LogP contribution is -2.06. The fourth-order valence-corrected chi connectivity index (χ4v) is 3.07. The van der Waals surface area contributed by atoms with Gasteiger partial charge in [0.1, 0.15) is 11.5 Å². The van der Waals surface area contributed by atoms with E-state index in [9.17, 15) is 10.5 Å². The highest BCUT2D eigenvalue weighted by atomic mass is 16.5. The van der Waals surface area contributed by atoms with Gasteiger partial charge in [-0.2, -0.15) is 10.5 Å². The normalized spacial score (nSPS) is 21.8. The van der Waals surface area contributed by atoms with Crippen molar-refractivity contribution in [3.63, 3.8) is 0 Å². The Hall–Kier alpha value is -3.24. The van der Waals surface area contributed by atoms with Gasteiger partial charge in [0.25, 0.3) is 0 Å². The predicted molar refractivity (Wildman–Crippen MR) is 95.0 cm³/mol. The number of nitrogens with zero attached hydrogens (tertiary/aromatic N) is 2. The fraction of sp³-hybridized carbons (Fsp3) is 0.238. The number of ether oxygens (including phenoxy) is 2. The van der Waals surface area contributed by atoms with Crippen molar-refractivity contribution < 1.29 is 9.47 Å². The maximum Gasteiger partial charge on any atom is 0.118 e. The Kier molecular flexibility index (Phi) is 4.46. The molecule has 0 saturated heterocycles. The average Bonchev–Trinajstić information content (AvgIpc) is 3.40. The Morgan fingerprint density at radius 1 is 1.00 bits per heavy atom. The summed E-state index contributed by atoms with van der Waals surface area (Å²) >= 11 is 0. The molecule has 4 heteroatoms. The molecule has 0 spiro atoms. The minimum Gasteiger partial charge on any atom is -0.497 e. The molecule has 4 nitrogen and oxygen atoms in total. The summed E-state index contributed by atoms with van der Waals surface area (Å²) in [7, 11) is 3.22. The second-order valence-corrected chi connectivity index (χ2v) is 6.04. The Balaban J connectivity index is 1.87. The summed E-state index contributed by atoms with van der Waals surface area (Å²) in [6.07, 6.45) is 2.63. The third-order valence-electron chi connectivity index (χ3n) is 4.71. The van der Waals surface area contributed by atoms with Crippen molar-refractivity contribution in [1.29, 1.82) is 10.5 Å². The van der Waals surface area contributed by atoms with Gasteiger partial charge in [0.15, 0.2) is 0 Å². The van der Waals surface area contributed by atoms with Crippen molar-refractivity contribution in [3.05, 3.63) is 65.7 Å². The van der Waals surface area contributed by atoms with E-state index >= 15 is 0 Å². The van der Waals surface area contributed by atoms with Gasteiger partial charge in [0.2, 0.25) is 0 Å². The van der Waals surface area contributed by atoms with Crippen LogP contribution in [0.3, 0.4) is 0 Å². The molecule has 1 aliphatic rings. The highest BCUT2D eigenvalue weighted by Gasteiger charge is 2.55. The lowest BCUT2D eigenvalue weighted by Gasteiger charge is -2.09. The van der Waals surface area contributed by atoms with Gasteiger partial charge in [-0.1, -0.05) is 18.2 Å². The second kappa shape index (κ2) is 6.71. The van der Waals surface area contributed by atoms with Crippen LogP contribution in [0, 0.1) is 28.6 Å². The molecule has 124 valence electrons. The van der Waals surface area contributed by atoms with E-state index in [4.69, 9.17) is 9.47 Å². The summed E-state index contributed by atoms with van der Waals surface area (Å²) in [5.41, 5.74) is 1.82. The van der Waals surface area contributed by atoms with Crippen molar-refractivity contribution in [2.24, 2.45) is 5.92 Å². The average molecular weight is 330 g/mol. The third-order valence-corrected chi connectivity index (χ3v) is 4.71. The quantitative estimate of drug-likeness (QED) is 0.774. The molecule has 1 aliphatic carbocycles. The van der Waals surface area contributed by atoms with Crippen molar-refractivity contribution >= 4 is 5.57 Å². The van der Waals surface area contributed by atoms with E-state index in [-0.39, 0.29) is 5.92 Å². The number of rotatable bonds is 5. The molecule has 2 atom stereocenters. The SMILES string of the molecule is COc1ccc(/C(C#N)=C\C2CC2(C#N)c2ccc(OC)cc2)cc1. The minimum atomic E-state index is -0.555. The molecule has 2 unspecified atom stereocenters. The highest BCUT2D eigenvalue weighted by molar-refractivity contribution is 5.78. The number of benzene rings is 2. The van der Waals surface area contributed by atoms with Crippen LogP contribution in [0.4, 0.5) is 0 Å². The van der Waals surface area contributed by atoms with Crippen molar-refractivity contribution in [3.8, 4) is 23.6 Å². The van der Waals surface area contributed by atoms with Gasteiger partial charge in [0.05, 0.1) is 37.3 Å². The van der Waals surface area contributed by atoms with Gasteiger partial charge >= 0.3 is 0 Å². The Bertz CT molecular complexity index is 870. The van der Waals surface area contributed by atoms with Gasteiger partial charge in [-0.15, -0.1) is 0 Å². The summed E-state index contributed by atoms with van der Waals surface area (Å²) in [6.45, 7) is 0. The molecule has 0 radical (unpaired) electrons. The summed E-state index contributed by atoms with van der Waals surface area (Å²) in [6, 6.07) is 19.6. The largest absolute Gasteiger partial charge is 0.497 e. The van der Waals surface area contributed by atoms with E-state index < -0.39 is 5.41 Å². The summed E-state index contributed by atoms with van der Waals surface area (Å²) in [5, 5.41) is 19.2. The van der Waals surface area contributed by atoms with E-state index in [1.54, 1.807) is 14.2 Å². The number of methoxy groups -OCH3 is 2. The van der Waals surface area contributed by atoms with Crippen LogP contribution in [0.1, 0.15) is 17.5 Å². The Morgan fingerprint density at radius 2 is 1.56 bits per heavy atom. The molecule has 1 fully saturated rings. The minimum absolute atomic E-state index is 0.0302. The maximum absolute atomic E-state index is 9.72. The van der Waals surface area contributed by atoms with Crippen molar-refractivity contribution in [2.75, 3.05) is 14.2 Å². The fourth-order valence-electron chi connectivity index (χ4n) is 3.07. The molecule has 0 bridgehead atoms. The molecule has 3 rings (SSSR count). The standard InChI is InChI=1S/C21H18N2O2/c1-24-19-7-3-15(4-8-19)16(13-22)11-18-12-21(18,14-23)17-5-9-20(25-2)10-6-17/h3-11,18H,12H2,1-2H3/b16-11-.